The van der Waals surface area contributed by atoms with Gasteiger partial charge in [0.05, 0.1) is 5.56 Å². The fraction of sp³-hybridized carbons (Fsp3) is 0.208. The Bertz CT molecular complexity index is 1220. The van der Waals surface area contributed by atoms with Gasteiger partial charge in [-0.3, -0.25) is 0 Å². The summed E-state index contributed by atoms with van der Waals surface area (Å²) in [5, 5.41) is 58.6. The molecule has 0 aromatic heterocycles. The van der Waals surface area contributed by atoms with Crippen LogP contribution in [0.5, 0.6) is 40.2 Å². The van der Waals surface area contributed by atoms with E-state index in [0.717, 1.165) is 28.8 Å². The van der Waals surface area contributed by atoms with Crippen molar-refractivity contribution in [1.29, 1.82) is 0 Å². The lowest BCUT2D eigenvalue weighted by Gasteiger charge is -2.34. The normalized spacial score (nSPS) is 17.2. The number of phenolic OH excluding ortho intramolecular Hbond substituents is 6. The van der Waals surface area contributed by atoms with Crippen LogP contribution in [0.4, 0.5) is 0 Å². The molecule has 6 N–H and O–H groups in total. The van der Waals surface area contributed by atoms with Crippen molar-refractivity contribution in [3.63, 3.8) is 0 Å². The lowest BCUT2D eigenvalue weighted by atomic mass is 9.91. The highest BCUT2D eigenvalue weighted by molar-refractivity contribution is 5.91. The predicted molar refractivity (Wildman–Crippen MR) is 115 cm³/mol. The highest BCUT2D eigenvalue weighted by Crippen LogP contribution is 2.44. The zero-order valence-corrected chi connectivity index (χ0v) is 17.7. The van der Waals surface area contributed by atoms with E-state index in [1.165, 1.54) is 12.1 Å². The van der Waals surface area contributed by atoms with Crippen LogP contribution in [0.15, 0.2) is 36.4 Å². The van der Waals surface area contributed by atoms with Crippen LogP contribution >= 0.6 is 0 Å². The van der Waals surface area contributed by atoms with Gasteiger partial charge in [-0.2, -0.15) is 0 Å². The van der Waals surface area contributed by atoms with E-state index in [0.29, 0.717) is 5.75 Å². The Morgan fingerprint density at radius 3 is 1.97 bits per heavy atom. The Hall–Kier alpha value is -4.27. The Labute approximate surface area is 188 Å². The minimum atomic E-state index is -0.959. The zero-order valence-electron chi connectivity index (χ0n) is 17.7. The molecular formula is C24H22O9. The maximum Gasteiger partial charge on any atom is 0.338 e. The molecule has 0 saturated heterocycles. The average molecular weight is 454 g/mol. The fourth-order valence-electron chi connectivity index (χ4n) is 3.95. The van der Waals surface area contributed by atoms with Crippen molar-refractivity contribution in [1.82, 2.24) is 0 Å². The number of phenols is 6. The van der Waals surface area contributed by atoms with E-state index in [2.05, 4.69) is 0 Å². The van der Waals surface area contributed by atoms with Crippen molar-refractivity contribution in [3.8, 4) is 40.2 Å². The third kappa shape index (κ3) is 4.00. The van der Waals surface area contributed by atoms with Crippen LogP contribution in [0.1, 0.15) is 38.7 Å². The van der Waals surface area contributed by atoms with Gasteiger partial charge >= 0.3 is 5.97 Å². The average Bonchev–Trinajstić information content (AvgIpc) is 2.75. The molecule has 0 fully saturated rings. The van der Waals surface area contributed by atoms with Gasteiger partial charge in [0.2, 0.25) is 0 Å². The summed E-state index contributed by atoms with van der Waals surface area (Å²) >= 11 is 0. The Balaban J connectivity index is 1.75. The lowest BCUT2D eigenvalue weighted by molar-refractivity contribution is -0.0185. The number of rotatable bonds is 3. The molecule has 0 radical (unpaired) electrons. The highest BCUT2D eigenvalue weighted by Gasteiger charge is 2.36. The molecular weight excluding hydrogens is 432 g/mol. The van der Waals surface area contributed by atoms with Crippen molar-refractivity contribution in [2.24, 2.45) is 0 Å². The Morgan fingerprint density at radius 2 is 1.39 bits per heavy atom. The van der Waals surface area contributed by atoms with Gasteiger partial charge in [-0.25, -0.2) is 4.79 Å². The van der Waals surface area contributed by atoms with E-state index < -0.39 is 52.7 Å². The number of aryl methyl sites for hydroxylation is 2. The summed E-state index contributed by atoms with van der Waals surface area (Å²) in [5.74, 6) is -4.33. The van der Waals surface area contributed by atoms with E-state index in [1.807, 2.05) is 26.0 Å². The predicted octanol–water partition coefficient (Wildman–Crippen LogP) is 3.44. The van der Waals surface area contributed by atoms with Crippen LogP contribution in [-0.2, 0) is 11.2 Å². The minimum Gasteiger partial charge on any atom is -0.504 e. The molecule has 0 spiro atoms. The second kappa shape index (κ2) is 8.01. The number of ether oxygens (including phenoxy) is 2. The van der Waals surface area contributed by atoms with Crippen LogP contribution in [-0.4, -0.2) is 42.7 Å². The van der Waals surface area contributed by atoms with E-state index in [4.69, 9.17) is 9.47 Å². The summed E-state index contributed by atoms with van der Waals surface area (Å²) in [7, 11) is 0. The highest BCUT2D eigenvalue weighted by atomic mass is 16.6. The largest absolute Gasteiger partial charge is 0.504 e. The smallest absolute Gasteiger partial charge is 0.338 e. The molecule has 9 heteroatoms. The molecule has 3 aromatic carbocycles. The van der Waals surface area contributed by atoms with Gasteiger partial charge in [0.15, 0.2) is 40.6 Å². The van der Waals surface area contributed by atoms with Gasteiger partial charge in [-0.15, -0.1) is 0 Å². The number of carbonyl (C=O) groups is 1. The number of carbonyl (C=O) groups excluding carboxylic acids is 1. The number of fused-ring (bicyclic) bond motifs is 1. The first-order valence-electron chi connectivity index (χ1n) is 10.0. The minimum absolute atomic E-state index is 0.204. The quantitative estimate of drug-likeness (QED) is 0.258. The molecule has 1 aliphatic rings. The number of hydrogen-bond acceptors (Lipinski definition) is 9. The third-order valence-electron chi connectivity index (χ3n) is 5.56. The number of aromatic hydroxyl groups is 6. The lowest BCUT2D eigenvalue weighted by Crippen LogP contribution is -2.35. The molecule has 0 aliphatic carbocycles. The van der Waals surface area contributed by atoms with Crippen LogP contribution in [0.25, 0.3) is 0 Å². The van der Waals surface area contributed by atoms with E-state index >= 15 is 0 Å². The molecule has 1 unspecified atom stereocenters. The van der Waals surface area contributed by atoms with E-state index in [1.54, 1.807) is 0 Å². The van der Waals surface area contributed by atoms with Crippen molar-refractivity contribution in [2.45, 2.75) is 32.5 Å². The van der Waals surface area contributed by atoms with Crippen LogP contribution in [0.2, 0.25) is 0 Å². The third-order valence-corrected chi connectivity index (χ3v) is 5.56. The summed E-state index contributed by atoms with van der Waals surface area (Å²) in [6, 6.07) is 8.09. The van der Waals surface area contributed by atoms with Crippen molar-refractivity contribution in [3.05, 3.63) is 64.2 Å². The van der Waals surface area contributed by atoms with Gasteiger partial charge in [0.25, 0.3) is 0 Å². The van der Waals surface area contributed by atoms with Crippen molar-refractivity contribution >= 4 is 5.97 Å². The summed E-state index contributed by atoms with van der Waals surface area (Å²) in [6.45, 7) is 3.79. The standard InChI is InChI=1S/C24H22O9/c1-10-3-11(2)14-9-20(33-24(31)13-7-17(27)22(30)18(28)8-13)23(32-19(14)4-10)12-5-15(25)21(29)16(26)6-12/h3-8,20,23,25-30H,9H2,1-2H3/t20-,23?/m1/s1. The Kier molecular flexibility index (Phi) is 5.33. The van der Waals surface area contributed by atoms with Crippen LogP contribution < -0.4 is 4.74 Å². The van der Waals surface area contributed by atoms with Crippen molar-refractivity contribution < 1.29 is 44.9 Å². The van der Waals surface area contributed by atoms with Gasteiger partial charge in [-0.05, 0) is 55.3 Å². The SMILES string of the molecule is Cc1cc(C)c2c(c1)OC(c1cc(O)c(O)c(O)c1)[C@H](OC(=O)c1cc(O)c(O)c(O)c1)C2. The van der Waals surface area contributed by atoms with Crippen LogP contribution in [0.3, 0.4) is 0 Å². The molecule has 0 bridgehead atoms. The number of benzene rings is 3. The Morgan fingerprint density at radius 1 is 0.848 bits per heavy atom. The fourth-order valence-corrected chi connectivity index (χ4v) is 3.95. The molecule has 1 aliphatic heterocycles. The first kappa shape index (κ1) is 21.9. The molecule has 3 aromatic rings. The topological polar surface area (TPSA) is 157 Å². The van der Waals surface area contributed by atoms with E-state index in [-0.39, 0.29) is 17.5 Å². The van der Waals surface area contributed by atoms with Gasteiger partial charge in [0.1, 0.15) is 11.9 Å². The van der Waals surface area contributed by atoms with Gasteiger partial charge in [0, 0.05) is 17.5 Å². The van der Waals surface area contributed by atoms with Crippen molar-refractivity contribution in [2.75, 3.05) is 0 Å². The molecule has 172 valence electrons. The van der Waals surface area contributed by atoms with Crippen LogP contribution in [0, 0.1) is 13.8 Å². The molecule has 33 heavy (non-hydrogen) atoms. The summed E-state index contributed by atoms with van der Waals surface area (Å²) in [6.07, 6.45) is -1.66. The maximum atomic E-state index is 12.8. The monoisotopic (exact) mass is 454 g/mol. The first-order valence-corrected chi connectivity index (χ1v) is 10.0. The number of esters is 1. The molecule has 9 nitrogen and oxygen atoms in total. The second-order valence-corrected chi connectivity index (χ2v) is 8.02. The number of hydrogen-bond donors (Lipinski definition) is 6. The summed E-state index contributed by atoms with van der Waals surface area (Å²) in [4.78, 5) is 12.8. The van der Waals surface area contributed by atoms with Gasteiger partial charge in [-0.1, -0.05) is 6.07 Å². The second-order valence-electron chi connectivity index (χ2n) is 8.02. The zero-order chi connectivity index (χ0) is 24.0. The molecule has 4 rings (SSSR count). The summed E-state index contributed by atoms with van der Waals surface area (Å²) in [5.41, 5.74) is 2.72. The first-order chi connectivity index (χ1) is 15.5. The van der Waals surface area contributed by atoms with E-state index in [9.17, 15) is 35.4 Å². The summed E-state index contributed by atoms with van der Waals surface area (Å²) < 4.78 is 11.8. The molecule has 0 saturated carbocycles. The molecule has 1 heterocycles. The van der Waals surface area contributed by atoms with Gasteiger partial charge < -0.3 is 40.1 Å². The molecule has 0 amide bonds. The maximum absolute atomic E-state index is 12.8. The molecule has 2 atom stereocenters.